The van der Waals surface area contributed by atoms with Gasteiger partial charge in [0, 0.05) is 32.8 Å². The Bertz CT molecular complexity index is 1100. The summed E-state index contributed by atoms with van der Waals surface area (Å²) in [5, 5.41) is 4.60. The predicted octanol–water partition coefficient (Wildman–Crippen LogP) is 5.77. The number of rotatable bonds is 5. The number of esters is 1. The summed E-state index contributed by atoms with van der Waals surface area (Å²) < 4.78 is 9.73. The van der Waals surface area contributed by atoms with Gasteiger partial charge in [0.15, 0.2) is 0 Å². The maximum atomic E-state index is 12.0. The molecule has 0 saturated heterocycles. The third-order valence-corrected chi connectivity index (χ3v) is 5.97. The molecule has 4 rings (SSSR count). The average Bonchev–Trinajstić information content (AvgIpc) is 3.18. The molecule has 0 saturated carbocycles. The number of carbonyl (C=O) groups is 1. The average molecular weight is 428 g/mol. The molecule has 26 heavy (non-hydrogen) atoms. The van der Waals surface area contributed by atoms with Crippen LogP contribution in [-0.2, 0) is 22.5 Å². The molecule has 2 aromatic heterocycles. The first-order chi connectivity index (χ1) is 12.7. The van der Waals surface area contributed by atoms with Crippen molar-refractivity contribution in [3.8, 4) is 0 Å². The minimum atomic E-state index is -0.180. The molecule has 5 heteroatoms. The molecular weight excluding hydrogens is 410 g/mol. The van der Waals surface area contributed by atoms with Crippen molar-refractivity contribution in [2.75, 3.05) is 6.61 Å². The van der Waals surface area contributed by atoms with Crippen LogP contribution in [-0.4, -0.2) is 17.1 Å². The number of hydrogen-bond acceptors (Lipinski definition) is 3. The molecule has 0 bridgehead atoms. The van der Waals surface area contributed by atoms with Crippen LogP contribution in [0.1, 0.15) is 18.1 Å². The summed E-state index contributed by atoms with van der Waals surface area (Å²) in [6, 6.07) is 14.6. The number of nitrogens with zero attached hydrogens (tertiary/aromatic N) is 1. The zero-order valence-electron chi connectivity index (χ0n) is 14.4. The summed E-state index contributed by atoms with van der Waals surface area (Å²) in [6.45, 7) is 3.02. The van der Waals surface area contributed by atoms with E-state index in [1.54, 1.807) is 11.3 Å². The maximum absolute atomic E-state index is 12.0. The zero-order chi connectivity index (χ0) is 18.1. The van der Waals surface area contributed by atoms with E-state index in [1.807, 2.05) is 19.1 Å². The fraction of sp³-hybridized carbons (Fsp3) is 0.190. The van der Waals surface area contributed by atoms with Gasteiger partial charge in [-0.1, -0.05) is 34.1 Å². The lowest BCUT2D eigenvalue weighted by atomic mass is 10.1. The summed E-state index contributed by atoms with van der Waals surface area (Å²) in [7, 11) is 0. The number of aromatic nitrogens is 1. The highest BCUT2D eigenvalue weighted by Gasteiger charge is 2.14. The van der Waals surface area contributed by atoms with Crippen LogP contribution in [0.5, 0.6) is 0 Å². The van der Waals surface area contributed by atoms with Gasteiger partial charge in [-0.05, 0) is 53.1 Å². The largest absolute Gasteiger partial charge is 0.466 e. The van der Waals surface area contributed by atoms with Crippen molar-refractivity contribution < 1.29 is 9.53 Å². The van der Waals surface area contributed by atoms with E-state index in [1.165, 1.54) is 15.6 Å². The Hall–Kier alpha value is -2.11. The van der Waals surface area contributed by atoms with Gasteiger partial charge in [-0.15, -0.1) is 11.3 Å². The van der Waals surface area contributed by atoms with Crippen LogP contribution < -0.4 is 0 Å². The number of hydrogen-bond donors (Lipinski definition) is 0. The predicted molar refractivity (Wildman–Crippen MR) is 111 cm³/mol. The molecule has 0 atom stereocenters. The number of carbonyl (C=O) groups excluding carboxylic acids is 1. The van der Waals surface area contributed by atoms with Crippen LogP contribution in [0.25, 0.3) is 21.0 Å². The molecule has 0 radical (unpaired) electrons. The fourth-order valence-electron chi connectivity index (χ4n) is 3.32. The molecule has 132 valence electrons. The Morgan fingerprint density at radius 1 is 1.15 bits per heavy atom. The lowest BCUT2D eigenvalue weighted by Crippen LogP contribution is -2.07. The zero-order valence-corrected chi connectivity index (χ0v) is 16.8. The van der Waals surface area contributed by atoms with E-state index in [9.17, 15) is 4.79 Å². The number of ether oxygens (including phenoxy) is 1. The molecule has 0 spiro atoms. The highest BCUT2D eigenvalue weighted by molar-refractivity contribution is 9.10. The van der Waals surface area contributed by atoms with E-state index in [0.717, 1.165) is 27.5 Å². The fourth-order valence-corrected chi connectivity index (χ4v) is 4.62. The Kier molecular flexibility index (Phi) is 4.83. The number of fused-ring (bicyclic) bond motifs is 2. The molecule has 3 nitrogen and oxygen atoms in total. The monoisotopic (exact) mass is 427 g/mol. The molecule has 0 aliphatic heterocycles. The van der Waals surface area contributed by atoms with Crippen molar-refractivity contribution in [3.63, 3.8) is 0 Å². The minimum absolute atomic E-state index is 0.180. The normalized spacial score (nSPS) is 11.3. The van der Waals surface area contributed by atoms with Gasteiger partial charge in [-0.2, -0.15) is 0 Å². The van der Waals surface area contributed by atoms with E-state index in [2.05, 4.69) is 62.4 Å². The van der Waals surface area contributed by atoms with Gasteiger partial charge in [0.2, 0.25) is 0 Å². The Balaban J connectivity index is 1.74. The van der Waals surface area contributed by atoms with Crippen LogP contribution in [0.3, 0.4) is 0 Å². The summed E-state index contributed by atoms with van der Waals surface area (Å²) in [5.74, 6) is -0.180. The molecule has 0 aliphatic rings. The molecule has 0 amide bonds. The van der Waals surface area contributed by atoms with Crippen molar-refractivity contribution >= 4 is 54.2 Å². The standard InChI is InChI=1S/C21H18BrNO2S/c1-2-25-21(24)9-14-11-23(19-6-4-3-5-17(14)19)12-15-13-26-20-8-7-16(22)10-18(15)20/h3-8,10-11,13H,2,9,12H2,1H3. The van der Waals surface area contributed by atoms with Crippen molar-refractivity contribution in [3.05, 3.63) is 69.6 Å². The first-order valence-electron chi connectivity index (χ1n) is 8.53. The molecule has 4 aromatic rings. The Labute approximate surface area is 164 Å². The molecule has 0 aliphatic carbocycles. The van der Waals surface area contributed by atoms with E-state index < -0.39 is 0 Å². The minimum Gasteiger partial charge on any atom is -0.466 e. The van der Waals surface area contributed by atoms with E-state index in [0.29, 0.717) is 13.0 Å². The smallest absolute Gasteiger partial charge is 0.310 e. The molecule has 2 heterocycles. The molecule has 2 aromatic carbocycles. The SMILES string of the molecule is CCOC(=O)Cc1cn(Cc2csc3ccc(Br)cc23)c2ccccc12. The summed E-state index contributed by atoms with van der Waals surface area (Å²) >= 11 is 5.33. The first kappa shape index (κ1) is 17.3. The van der Waals surface area contributed by atoms with Crippen molar-refractivity contribution in [2.24, 2.45) is 0 Å². The van der Waals surface area contributed by atoms with Crippen LogP contribution in [0.4, 0.5) is 0 Å². The lowest BCUT2D eigenvalue weighted by Gasteiger charge is -2.05. The second-order valence-corrected chi connectivity index (χ2v) is 8.01. The maximum Gasteiger partial charge on any atom is 0.310 e. The second-order valence-electron chi connectivity index (χ2n) is 6.18. The van der Waals surface area contributed by atoms with Crippen LogP contribution in [0.2, 0.25) is 0 Å². The molecule has 0 unspecified atom stereocenters. The van der Waals surface area contributed by atoms with E-state index in [4.69, 9.17) is 4.74 Å². The number of thiophene rings is 1. The lowest BCUT2D eigenvalue weighted by molar-refractivity contribution is -0.142. The number of benzene rings is 2. The molecule has 0 N–H and O–H groups in total. The highest BCUT2D eigenvalue weighted by Crippen LogP contribution is 2.31. The molecule has 0 fully saturated rings. The third-order valence-electron chi connectivity index (χ3n) is 4.47. The van der Waals surface area contributed by atoms with Gasteiger partial charge >= 0.3 is 5.97 Å². The second kappa shape index (κ2) is 7.25. The third kappa shape index (κ3) is 3.29. The quantitative estimate of drug-likeness (QED) is 0.378. The van der Waals surface area contributed by atoms with Crippen LogP contribution in [0.15, 0.2) is 58.5 Å². The van der Waals surface area contributed by atoms with Gasteiger partial charge in [0.1, 0.15) is 0 Å². The van der Waals surface area contributed by atoms with Gasteiger partial charge in [-0.25, -0.2) is 0 Å². The van der Waals surface area contributed by atoms with Gasteiger partial charge < -0.3 is 9.30 Å². The van der Waals surface area contributed by atoms with Gasteiger partial charge in [0.05, 0.1) is 13.0 Å². The molecular formula is C21H18BrNO2S. The van der Waals surface area contributed by atoms with E-state index in [-0.39, 0.29) is 5.97 Å². The van der Waals surface area contributed by atoms with Crippen molar-refractivity contribution in [1.82, 2.24) is 4.57 Å². The van der Waals surface area contributed by atoms with Crippen LogP contribution >= 0.6 is 27.3 Å². The van der Waals surface area contributed by atoms with Crippen molar-refractivity contribution in [2.45, 2.75) is 19.9 Å². The van der Waals surface area contributed by atoms with Gasteiger partial charge in [0.25, 0.3) is 0 Å². The number of para-hydroxylation sites is 1. The van der Waals surface area contributed by atoms with Crippen molar-refractivity contribution in [1.29, 1.82) is 0 Å². The van der Waals surface area contributed by atoms with E-state index >= 15 is 0 Å². The number of halogens is 1. The highest BCUT2D eigenvalue weighted by atomic mass is 79.9. The summed E-state index contributed by atoms with van der Waals surface area (Å²) in [6.07, 6.45) is 2.39. The summed E-state index contributed by atoms with van der Waals surface area (Å²) in [4.78, 5) is 12.0. The topological polar surface area (TPSA) is 31.2 Å². The van der Waals surface area contributed by atoms with Crippen LogP contribution in [0, 0.1) is 0 Å². The summed E-state index contributed by atoms with van der Waals surface area (Å²) in [5.41, 5.74) is 3.44. The van der Waals surface area contributed by atoms with Gasteiger partial charge in [-0.3, -0.25) is 4.79 Å². The first-order valence-corrected chi connectivity index (χ1v) is 10.2. The Morgan fingerprint density at radius 3 is 2.85 bits per heavy atom. The Morgan fingerprint density at radius 2 is 2.00 bits per heavy atom.